The van der Waals surface area contributed by atoms with Crippen molar-refractivity contribution in [3.63, 3.8) is 0 Å². The second kappa shape index (κ2) is 9.09. The zero-order valence-electron chi connectivity index (χ0n) is 13.7. The van der Waals surface area contributed by atoms with Crippen molar-refractivity contribution in [2.75, 3.05) is 13.2 Å². The van der Waals surface area contributed by atoms with Crippen LogP contribution in [0.3, 0.4) is 0 Å². The molecule has 0 aliphatic heterocycles. The van der Waals surface area contributed by atoms with Crippen molar-refractivity contribution in [1.29, 1.82) is 0 Å². The van der Waals surface area contributed by atoms with Crippen LogP contribution in [0.4, 0.5) is 0 Å². The van der Waals surface area contributed by atoms with Crippen LogP contribution in [-0.4, -0.2) is 13.2 Å². The summed E-state index contributed by atoms with van der Waals surface area (Å²) < 4.78 is 5.67. The van der Waals surface area contributed by atoms with Crippen LogP contribution >= 0.6 is 0 Å². The van der Waals surface area contributed by atoms with Gasteiger partial charge in [-0.05, 0) is 49.4 Å². The van der Waals surface area contributed by atoms with E-state index in [1.807, 2.05) is 0 Å². The molecule has 2 heteroatoms. The molecule has 1 aliphatic rings. The maximum absolute atomic E-state index is 5.67. The van der Waals surface area contributed by atoms with Gasteiger partial charge in [0.15, 0.2) is 0 Å². The molecule has 0 amide bonds. The van der Waals surface area contributed by atoms with Crippen LogP contribution in [0.25, 0.3) is 0 Å². The molecule has 1 saturated carbocycles. The second-order valence-corrected chi connectivity index (χ2v) is 6.26. The van der Waals surface area contributed by atoms with E-state index in [-0.39, 0.29) is 0 Å². The largest absolute Gasteiger partial charge is 0.494 e. The fourth-order valence-electron chi connectivity index (χ4n) is 3.35. The Bertz CT molecular complexity index is 381. The fourth-order valence-corrected chi connectivity index (χ4v) is 3.35. The summed E-state index contributed by atoms with van der Waals surface area (Å²) in [4.78, 5) is 0. The molecule has 2 rings (SSSR count). The van der Waals surface area contributed by atoms with E-state index in [1.165, 1.54) is 44.1 Å². The standard InChI is InChI=1S/C19H31NO/c1-3-15-21-18-12-10-17(11-13-18)19(20-4-2)14-9-16-7-5-6-8-16/h10-13,16,19-20H,3-9,14-15H2,1-2H3. The molecule has 0 saturated heterocycles. The lowest BCUT2D eigenvalue weighted by Crippen LogP contribution is -2.21. The van der Waals surface area contributed by atoms with Crippen LogP contribution in [0.15, 0.2) is 24.3 Å². The van der Waals surface area contributed by atoms with Gasteiger partial charge in [-0.3, -0.25) is 0 Å². The zero-order valence-corrected chi connectivity index (χ0v) is 13.7. The van der Waals surface area contributed by atoms with E-state index in [9.17, 15) is 0 Å². The first kappa shape index (κ1) is 16.4. The highest BCUT2D eigenvalue weighted by molar-refractivity contribution is 5.29. The molecule has 118 valence electrons. The van der Waals surface area contributed by atoms with Crippen LogP contribution in [0.5, 0.6) is 5.75 Å². The highest BCUT2D eigenvalue weighted by Crippen LogP contribution is 2.31. The Hall–Kier alpha value is -1.02. The van der Waals surface area contributed by atoms with Crippen molar-refractivity contribution in [1.82, 2.24) is 5.32 Å². The molecule has 2 nitrogen and oxygen atoms in total. The van der Waals surface area contributed by atoms with E-state index in [0.29, 0.717) is 6.04 Å². The lowest BCUT2D eigenvalue weighted by atomic mass is 9.95. The number of ether oxygens (including phenoxy) is 1. The molecule has 1 aromatic carbocycles. The molecule has 1 aliphatic carbocycles. The number of nitrogens with one attached hydrogen (secondary N) is 1. The van der Waals surface area contributed by atoms with Gasteiger partial charge in [0.2, 0.25) is 0 Å². The van der Waals surface area contributed by atoms with Gasteiger partial charge in [-0.1, -0.05) is 51.7 Å². The van der Waals surface area contributed by atoms with E-state index in [0.717, 1.165) is 31.2 Å². The van der Waals surface area contributed by atoms with E-state index >= 15 is 0 Å². The topological polar surface area (TPSA) is 21.3 Å². The van der Waals surface area contributed by atoms with Crippen molar-refractivity contribution in [2.24, 2.45) is 5.92 Å². The summed E-state index contributed by atoms with van der Waals surface area (Å²) in [5.74, 6) is 1.96. The van der Waals surface area contributed by atoms with Crippen LogP contribution in [0.1, 0.15) is 70.4 Å². The first-order valence-electron chi connectivity index (χ1n) is 8.79. The number of hydrogen-bond acceptors (Lipinski definition) is 2. The molecule has 1 atom stereocenters. The molecule has 0 heterocycles. The van der Waals surface area contributed by atoms with Gasteiger partial charge >= 0.3 is 0 Å². The van der Waals surface area contributed by atoms with Crippen molar-refractivity contribution in [3.8, 4) is 5.75 Å². The summed E-state index contributed by atoms with van der Waals surface area (Å²) in [5, 5.41) is 3.64. The Balaban J connectivity index is 1.89. The zero-order chi connectivity index (χ0) is 14.9. The maximum Gasteiger partial charge on any atom is 0.119 e. The van der Waals surface area contributed by atoms with E-state index in [2.05, 4.69) is 43.4 Å². The summed E-state index contributed by atoms with van der Waals surface area (Å²) in [6.07, 6.45) is 9.47. The van der Waals surface area contributed by atoms with Gasteiger partial charge in [-0.2, -0.15) is 0 Å². The van der Waals surface area contributed by atoms with Crippen molar-refractivity contribution in [3.05, 3.63) is 29.8 Å². The predicted molar refractivity (Wildman–Crippen MR) is 89.8 cm³/mol. The minimum absolute atomic E-state index is 0.496. The monoisotopic (exact) mass is 289 g/mol. The molecule has 0 radical (unpaired) electrons. The van der Waals surface area contributed by atoms with E-state index in [4.69, 9.17) is 4.74 Å². The highest BCUT2D eigenvalue weighted by Gasteiger charge is 2.18. The van der Waals surface area contributed by atoms with Crippen LogP contribution in [0, 0.1) is 5.92 Å². The van der Waals surface area contributed by atoms with Gasteiger partial charge in [0.25, 0.3) is 0 Å². The third-order valence-electron chi connectivity index (χ3n) is 4.54. The third kappa shape index (κ3) is 5.35. The van der Waals surface area contributed by atoms with Crippen LogP contribution in [0.2, 0.25) is 0 Å². The Morgan fingerprint density at radius 3 is 2.48 bits per heavy atom. The fraction of sp³-hybridized carbons (Fsp3) is 0.684. The van der Waals surface area contributed by atoms with Crippen LogP contribution < -0.4 is 10.1 Å². The first-order valence-corrected chi connectivity index (χ1v) is 8.79. The molecule has 1 unspecified atom stereocenters. The van der Waals surface area contributed by atoms with E-state index < -0.39 is 0 Å². The smallest absolute Gasteiger partial charge is 0.119 e. The van der Waals surface area contributed by atoms with Gasteiger partial charge in [0.1, 0.15) is 5.75 Å². The van der Waals surface area contributed by atoms with Crippen molar-refractivity contribution in [2.45, 2.75) is 64.8 Å². The summed E-state index contributed by atoms with van der Waals surface area (Å²) in [5.41, 5.74) is 1.40. The van der Waals surface area contributed by atoms with E-state index in [1.54, 1.807) is 0 Å². The quantitative estimate of drug-likeness (QED) is 0.683. The average Bonchev–Trinajstić information content (AvgIpc) is 3.03. The minimum atomic E-state index is 0.496. The molecule has 0 bridgehead atoms. The van der Waals surface area contributed by atoms with Gasteiger partial charge < -0.3 is 10.1 Å². The molecular weight excluding hydrogens is 258 g/mol. The van der Waals surface area contributed by atoms with Gasteiger partial charge in [-0.25, -0.2) is 0 Å². The summed E-state index contributed by atoms with van der Waals surface area (Å²) in [7, 11) is 0. The SMILES string of the molecule is CCCOc1ccc(C(CCC2CCCC2)NCC)cc1. The van der Waals surface area contributed by atoms with Crippen molar-refractivity contribution < 1.29 is 4.74 Å². The average molecular weight is 289 g/mol. The van der Waals surface area contributed by atoms with Gasteiger partial charge in [0.05, 0.1) is 6.61 Å². The maximum atomic E-state index is 5.67. The Labute approximate surface area is 130 Å². The lowest BCUT2D eigenvalue weighted by molar-refractivity contribution is 0.317. The Kier molecular flexibility index (Phi) is 7.08. The summed E-state index contributed by atoms with van der Waals surface area (Å²) in [6, 6.07) is 9.19. The molecule has 1 N–H and O–H groups in total. The van der Waals surface area contributed by atoms with Crippen molar-refractivity contribution >= 4 is 0 Å². The number of hydrogen-bond donors (Lipinski definition) is 1. The summed E-state index contributed by atoms with van der Waals surface area (Å²) >= 11 is 0. The number of benzene rings is 1. The second-order valence-electron chi connectivity index (χ2n) is 6.26. The molecule has 1 fully saturated rings. The third-order valence-corrected chi connectivity index (χ3v) is 4.54. The lowest BCUT2D eigenvalue weighted by Gasteiger charge is -2.20. The molecule has 21 heavy (non-hydrogen) atoms. The van der Waals surface area contributed by atoms with Gasteiger partial charge in [0, 0.05) is 6.04 Å². The Morgan fingerprint density at radius 1 is 1.14 bits per heavy atom. The molecular formula is C19H31NO. The van der Waals surface area contributed by atoms with Gasteiger partial charge in [-0.15, -0.1) is 0 Å². The Morgan fingerprint density at radius 2 is 1.86 bits per heavy atom. The minimum Gasteiger partial charge on any atom is -0.494 e. The molecule has 1 aromatic rings. The molecule has 0 aromatic heterocycles. The predicted octanol–water partition coefficient (Wildman–Crippen LogP) is 5.10. The van der Waals surface area contributed by atoms with Crippen LogP contribution in [-0.2, 0) is 0 Å². The first-order chi connectivity index (χ1) is 10.3. The highest BCUT2D eigenvalue weighted by atomic mass is 16.5. The normalized spacial score (nSPS) is 17.0. The summed E-state index contributed by atoms with van der Waals surface area (Å²) in [6.45, 7) is 6.17. The molecule has 0 spiro atoms. The number of rotatable bonds is 9.